The number of para-hydroxylation sites is 1. The first-order valence-corrected chi connectivity index (χ1v) is 5.61. The van der Waals surface area contributed by atoms with Crippen molar-refractivity contribution in [1.82, 2.24) is 9.78 Å². The van der Waals surface area contributed by atoms with Crippen molar-refractivity contribution in [2.75, 3.05) is 0 Å². The Morgan fingerprint density at radius 3 is 2.29 bits per heavy atom. The fourth-order valence-electron chi connectivity index (χ4n) is 1.30. The summed E-state index contributed by atoms with van der Waals surface area (Å²) in [6.07, 6.45) is 0. The number of hydrogen-bond acceptors (Lipinski definition) is 2. The van der Waals surface area contributed by atoms with E-state index in [0.717, 1.165) is 4.68 Å². The van der Waals surface area contributed by atoms with Gasteiger partial charge in [-0.1, -0.05) is 46.9 Å². The molecule has 2 rings (SSSR count). The van der Waals surface area contributed by atoms with E-state index in [1.807, 2.05) is 0 Å². The smallest absolute Gasteiger partial charge is 0.266 e. The lowest BCUT2D eigenvalue weighted by Gasteiger charge is -2.07. The molecule has 17 heavy (non-hydrogen) atoms. The average molecular weight is 292 g/mol. The predicted molar refractivity (Wildman–Crippen MR) is 67.7 cm³/mol. The molecule has 88 valence electrons. The summed E-state index contributed by atoms with van der Waals surface area (Å²) in [7, 11) is 0. The largest absolute Gasteiger partial charge is 0.290 e. The third-order valence-electron chi connectivity index (χ3n) is 2.09. The zero-order valence-electron chi connectivity index (χ0n) is 8.21. The van der Waals surface area contributed by atoms with Gasteiger partial charge < -0.3 is 0 Å². The van der Waals surface area contributed by atoms with Crippen LogP contribution in [0.3, 0.4) is 0 Å². The van der Waals surface area contributed by atoms with Crippen molar-refractivity contribution in [2.24, 2.45) is 0 Å². The lowest BCUT2D eigenvalue weighted by atomic mass is 10.3. The van der Waals surface area contributed by atoms with Crippen molar-refractivity contribution in [3.05, 3.63) is 60.0 Å². The van der Waals surface area contributed by atoms with Gasteiger partial charge in [-0.2, -0.15) is 0 Å². The van der Waals surface area contributed by atoms with Gasteiger partial charge in [0.15, 0.2) is 0 Å². The van der Waals surface area contributed by atoms with E-state index < -0.39 is 11.1 Å². The highest BCUT2D eigenvalue weighted by Gasteiger charge is 2.13. The van der Waals surface area contributed by atoms with Crippen LogP contribution in [0.1, 0.15) is 0 Å². The number of halogens is 3. The van der Waals surface area contributed by atoms with E-state index >= 15 is 0 Å². The number of nitrogens with one attached hydrogen (secondary N) is 1. The maximum atomic E-state index is 11.8. The van der Waals surface area contributed by atoms with Crippen LogP contribution in [0.25, 0.3) is 5.69 Å². The molecule has 4 nitrogen and oxygen atoms in total. The lowest BCUT2D eigenvalue weighted by Crippen LogP contribution is -2.29. The van der Waals surface area contributed by atoms with Gasteiger partial charge in [-0.25, -0.2) is 4.68 Å². The molecule has 0 saturated heterocycles. The van der Waals surface area contributed by atoms with Crippen LogP contribution in [0.2, 0.25) is 15.1 Å². The molecule has 7 heteroatoms. The van der Waals surface area contributed by atoms with Crippen LogP contribution in [-0.2, 0) is 0 Å². The molecule has 0 spiro atoms. The lowest BCUT2D eigenvalue weighted by molar-refractivity contribution is 0.786. The molecule has 0 saturated carbocycles. The number of hydrogen-bond donors (Lipinski definition) is 1. The summed E-state index contributed by atoms with van der Waals surface area (Å²) in [4.78, 5) is 23.2. The molecule has 0 bridgehead atoms. The van der Waals surface area contributed by atoms with E-state index in [9.17, 15) is 9.59 Å². The Morgan fingerprint density at radius 1 is 1.00 bits per heavy atom. The standard InChI is InChI=1S/C10H5Cl3N2O2/c11-5-3-1-2-4-6(5)15-10(17)8(13)7(12)9(16)14-15/h1-4H,(H,14,16). The van der Waals surface area contributed by atoms with Crippen molar-refractivity contribution in [3.63, 3.8) is 0 Å². The first-order valence-electron chi connectivity index (χ1n) is 4.47. The number of H-pyrrole nitrogens is 1. The third-order valence-corrected chi connectivity index (χ3v) is 3.22. The van der Waals surface area contributed by atoms with Crippen molar-refractivity contribution >= 4 is 34.8 Å². The average Bonchev–Trinajstić information content (AvgIpc) is 2.32. The minimum Gasteiger partial charge on any atom is -0.266 e. The van der Waals surface area contributed by atoms with Crippen LogP contribution in [0.5, 0.6) is 0 Å². The minimum atomic E-state index is -0.656. The van der Waals surface area contributed by atoms with Gasteiger partial charge in [0.1, 0.15) is 10.0 Å². The van der Waals surface area contributed by atoms with Gasteiger partial charge >= 0.3 is 0 Å². The molecule has 0 unspecified atom stereocenters. The van der Waals surface area contributed by atoms with Crippen LogP contribution in [0.15, 0.2) is 33.9 Å². The minimum absolute atomic E-state index is 0.309. The van der Waals surface area contributed by atoms with E-state index in [4.69, 9.17) is 34.8 Å². The molecular weight excluding hydrogens is 286 g/mol. The van der Waals surface area contributed by atoms with Crippen LogP contribution in [-0.4, -0.2) is 9.78 Å². The molecule has 0 aliphatic rings. The van der Waals surface area contributed by atoms with E-state index in [1.165, 1.54) is 0 Å². The Kier molecular flexibility index (Phi) is 3.28. The van der Waals surface area contributed by atoms with Gasteiger partial charge in [0, 0.05) is 0 Å². The van der Waals surface area contributed by atoms with Crippen molar-refractivity contribution in [2.45, 2.75) is 0 Å². The fraction of sp³-hybridized carbons (Fsp3) is 0. The Hall–Kier alpha value is -1.23. The van der Waals surface area contributed by atoms with E-state index in [1.54, 1.807) is 24.3 Å². The summed E-state index contributed by atoms with van der Waals surface area (Å²) in [5, 5.41) is 1.93. The van der Waals surface area contributed by atoms with Crippen LogP contribution in [0, 0.1) is 0 Å². The molecule has 0 amide bonds. The molecule has 0 radical (unpaired) electrons. The quantitative estimate of drug-likeness (QED) is 0.877. The highest BCUT2D eigenvalue weighted by Crippen LogP contribution is 2.18. The van der Waals surface area contributed by atoms with Gasteiger partial charge in [-0.3, -0.25) is 14.7 Å². The van der Waals surface area contributed by atoms with E-state index in [2.05, 4.69) is 5.10 Å². The molecule has 1 N–H and O–H groups in total. The van der Waals surface area contributed by atoms with Crippen molar-refractivity contribution < 1.29 is 0 Å². The molecule has 2 aromatic rings. The fourth-order valence-corrected chi connectivity index (χ4v) is 1.81. The molecule has 1 aromatic carbocycles. The third kappa shape index (κ3) is 2.11. The molecule has 0 atom stereocenters. The number of rotatable bonds is 1. The Balaban J connectivity index is 2.83. The highest BCUT2D eigenvalue weighted by molar-refractivity contribution is 6.41. The second kappa shape index (κ2) is 4.56. The van der Waals surface area contributed by atoms with Gasteiger partial charge in [0.25, 0.3) is 11.1 Å². The number of aromatic nitrogens is 2. The molecule has 0 aliphatic heterocycles. The Bertz CT molecular complexity index is 691. The van der Waals surface area contributed by atoms with Crippen molar-refractivity contribution in [1.29, 1.82) is 0 Å². The second-order valence-electron chi connectivity index (χ2n) is 3.16. The number of nitrogens with zero attached hydrogens (tertiary/aromatic N) is 1. The zero-order chi connectivity index (χ0) is 12.6. The van der Waals surface area contributed by atoms with Gasteiger partial charge in [0.05, 0.1) is 10.7 Å². The summed E-state index contributed by atoms with van der Waals surface area (Å²) in [6, 6.07) is 6.54. The highest BCUT2D eigenvalue weighted by atomic mass is 35.5. The van der Waals surface area contributed by atoms with Gasteiger partial charge in [0.2, 0.25) is 0 Å². The second-order valence-corrected chi connectivity index (χ2v) is 4.32. The first-order chi connectivity index (χ1) is 8.02. The van der Waals surface area contributed by atoms with E-state index in [0.29, 0.717) is 10.7 Å². The first kappa shape index (κ1) is 12.2. The predicted octanol–water partition coefficient (Wildman–Crippen LogP) is 2.49. The van der Waals surface area contributed by atoms with E-state index in [-0.39, 0.29) is 10.0 Å². The zero-order valence-corrected chi connectivity index (χ0v) is 10.5. The molecule has 1 aromatic heterocycles. The Labute approximate surface area is 110 Å². The summed E-state index contributed by atoms with van der Waals surface area (Å²) in [5.74, 6) is 0. The summed E-state index contributed by atoms with van der Waals surface area (Å²) >= 11 is 17.1. The summed E-state index contributed by atoms with van der Waals surface area (Å²) in [5.41, 5.74) is -0.963. The van der Waals surface area contributed by atoms with Crippen molar-refractivity contribution in [3.8, 4) is 5.69 Å². The number of aromatic amines is 1. The molecule has 1 heterocycles. The maximum Gasteiger partial charge on any atom is 0.290 e. The van der Waals surface area contributed by atoms with Gasteiger partial charge in [-0.15, -0.1) is 0 Å². The SMILES string of the molecule is O=c1[nH]n(-c2ccccc2Cl)c(=O)c(Cl)c1Cl. The molecule has 0 aliphatic carbocycles. The molecular formula is C10H5Cl3N2O2. The number of benzene rings is 1. The van der Waals surface area contributed by atoms with Crippen LogP contribution >= 0.6 is 34.8 Å². The van der Waals surface area contributed by atoms with Crippen LogP contribution in [0.4, 0.5) is 0 Å². The van der Waals surface area contributed by atoms with Crippen LogP contribution < -0.4 is 11.1 Å². The maximum absolute atomic E-state index is 11.8. The summed E-state index contributed by atoms with van der Waals surface area (Å²) in [6.45, 7) is 0. The normalized spacial score (nSPS) is 10.5. The summed E-state index contributed by atoms with van der Waals surface area (Å²) < 4.78 is 0.957. The molecule has 0 fully saturated rings. The monoisotopic (exact) mass is 290 g/mol. The topological polar surface area (TPSA) is 54.9 Å². The Morgan fingerprint density at radius 2 is 1.65 bits per heavy atom. The van der Waals surface area contributed by atoms with Gasteiger partial charge in [-0.05, 0) is 12.1 Å².